The average molecular weight is 314 g/mol. The number of hydrogen-bond acceptors (Lipinski definition) is 2. The maximum atomic E-state index is 6.34. The molecule has 2 unspecified atom stereocenters. The number of halogens is 2. The molecule has 4 heteroatoms. The van der Waals surface area contributed by atoms with E-state index < -0.39 is 0 Å². The molecule has 1 aliphatic heterocycles. The van der Waals surface area contributed by atoms with Crippen molar-refractivity contribution in [3.63, 3.8) is 0 Å². The Morgan fingerprint density at radius 3 is 2.80 bits per heavy atom. The monoisotopic (exact) mass is 313 g/mol. The number of nitrogens with one attached hydrogen (secondary N) is 1. The zero-order chi connectivity index (χ0) is 14.2. The Kier molecular flexibility index (Phi) is 4.28. The van der Waals surface area contributed by atoms with Gasteiger partial charge < -0.3 is 10.1 Å². The van der Waals surface area contributed by atoms with E-state index in [1.807, 2.05) is 18.2 Å². The van der Waals surface area contributed by atoms with E-state index in [1.165, 1.54) is 12.8 Å². The van der Waals surface area contributed by atoms with Gasteiger partial charge in [-0.25, -0.2) is 0 Å². The van der Waals surface area contributed by atoms with E-state index in [0.29, 0.717) is 0 Å². The molecule has 3 rings (SSSR count). The lowest BCUT2D eigenvalue weighted by Gasteiger charge is -2.33. The Hall–Kier alpha value is -0.280. The summed E-state index contributed by atoms with van der Waals surface area (Å²) in [4.78, 5) is 0. The summed E-state index contributed by atoms with van der Waals surface area (Å²) < 4.78 is 5.85. The zero-order valence-electron chi connectivity index (χ0n) is 11.8. The van der Waals surface area contributed by atoms with Gasteiger partial charge in [0.15, 0.2) is 0 Å². The topological polar surface area (TPSA) is 21.3 Å². The van der Waals surface area contributed by atoms with Gasteiger partial charge in [0.05, 0.1) is 6.10 Å². The van der Waals surface area contributed by atoms with E-state index in [9.17, 15) is 0 Å². The zero-order valence-corrected chi connectivity index (χ0v) is 13.3. The predicted molar refractivity (Wildman–Crippen MR) is 83.7 cm³/mol. The molecule has 2 fully saturated rings. The Bertz CT molecular complexity index is 489. The summed E-state index contributed by atoms with van der Waals surface area (Å²) in [7, 11) is 0. The second-order valence-corrected chi connectivity index (χ2v) is 7.04. The molecule has 0 spiro atoms. The van der Waals surface area contributed by atoms with Gasteiger partial charge in [0.2, 0.25) is 0 Å². The number of rotatable bonds is 5. The van der Waals surface area contributed by atoms with Crippen molar-refractivity contribution < 1.29 is 4.74 Å². The van der Waals surface area contributed by atoms with Crippen LogP contribution in [0, 0.1) is 5.41 Å². The molecule has 1 saturated heterocycles. The van der Waals surface area contributed by atoms with Crippen molar-refractivity contribution in [3.05, 3.63) is 33.8 Å². The molecule has 1 aromatic rings. The molecule has 0 amide bonds. The van der Waals surface area contributed by atoms with E-state index in [-0.39, 0.29) is 11.5 Å². The third-order valence-electron chi connectivity index (χ3n) is 4.70. The summed E-state index contributed by atoms with van der Waals surface area (Å²) in [5.74, 6) is 0. The van der Waals surface area contributed by atoms with Crippen LogP contribution in [0.2, 0.25) is 10.0 Å². The molecular weight excluding hydrogens is 293 g/mol. The molecule has 2 atom stereocenters. The molecule has 1 aromatic carbocycles. The van der Waals surface area contributed by atoms with Crippen LogP contribution in [0.25, 0.3) is 0 Å². The first-order valence-corrected chi connectivity index (χ1v) is 8.14. The maximum absolute atomic E-state index is 6.34. The first kappa shape index (κ1) is 14.6. The van der Waals surface area contributed by atoms with Crippen LogP contribution in [0.1, 0.15) is 31.7 Å². The van der Waals surface area contributed by atoms with Gasteiger partial charge >= 0.3 is 0 Å². The smallest absolute Gasteiger partial charge is 0.0619 e. The molecule has 2 aliphatic rings. The molecule has 0 bridgehead atoms. The summed E-state index contributed by atoms with van der Waals surface area (Å²) in [5.41, 5.74) is 1.27. The largest absolute Gasteiger partial charge is 0.378 e. The van der Waals surface area contributed by atoms with E-state index >= 15 is 0 Å². The highest BCUT2D eigenvalue weighted by Crippen LogP contribution is 2.40. The highest BCUT2D eigenvalue weighted by molar-refractivity contribution is 6.33. The summed E-state index contributed by atoms with van der Waals surface area (Å²) >= 11 is 12.5. The van der Waals surface area contributed by atoms with Gasteiger partial charge in [0.1, 0.15) is 0 Å². The minimum Gasteiger partial charge on any atom is -0.378 e. The van der Waals surface area contributed by atoms with E-state index in [2.05, 4.69) is 12.2 Å². The van der Waals surface area contributed by atoms with Gasteiger partial charge in [-0.2, -0.15) is 0 Å². The van der Waals surface area contributed by atoms with Crippen LogP contribution in [0.4, 0.5) is 0 Å². The lowest BCUT2D eigenvalue weighted by Crippen LogP contribution is -2.42. The lowest BCUT2D eigenvalue weighted by atomic mass is 9.76. The third-order valence-corrected chi connectivity index (χ3v) is 5.30. The fraction of sp³-hybridized carbons (Fsp3) is 0.625. The highest BCUT2D eigenvalue weighted by atomic mass is 35.5. The van der Waals surface area contributed by atoms with E-state index in [0.717, 1.165) is 47.6 Å². The van der Waals surface area contributed by atoms with Gasteiger partial charge in [-0.3, -0.25) is 0 Å². The second kappa shape index (κ2) is 5.84. The fourth-order valence-electron chi connectivity index (χ4n) is 3.04. The molecule has 1 saturated carbocycles. The van der Waals surface area contributed by atoms with Crippen molar-refractivity contribution in [1.29, 1.82) is 0 Å². The normalized spacial score (nSPS) is 29.9. The molecular formula is C16H21Cl2NO. The van der Waals surface area contributed by atoms with Crippen LogP contribution in [0.5, 0.6) is 0 Å². The van der Waals surface area contributed by atoms with Crippen molar-refractivity contribution in [2.45, 2.75) is 44.8 Å². The van der Waals surface area contributed by atoms with Crippen LogP contribution in [-0.2, 0) is 11.2 Å². The van der Waals surface area contributed by atoms with Crippen molar-refractivity contribution in [1.82, 2.24) is 5.32 Å². The average Bonchev–Trinajstić information content (AvgIpc) is 3.18. The van der Waals surface area contributed by atoms with Crippen molar-refractivity contribution in [2.24, 2.45) is 5.41 Å². The number of ether oxygens (including phenoxy) is 1. The van der Waals surface area contributed by atoms with Crippen LogP contribution in [0.15, 0.2) is 18.2 Å². The highest BCUT2D eigenvalue weighted by Gasteiger charge is 2.42. The molecule has 110 valence electrons. The summed E-state index contributed by atoms with van der Waals surface area (Å²) in [6.07, 6.45) is 4.88. The number of hydrogen-bond donors (Lipinski definition) is 1. The summed E-state index contributed by atoms with van der Waals surface area (Å²) in [6.45, 7) is 4.02. The lowest BCUT2D eigenvalue weighted by molar-refractivity contribution is 0.0628. The van der Waals surface area contributed by atoms with Crippen molar-refractivity contribution in [3.8, 4) is 0 Å². The Morgan fingerprint density at radius 2 is 2.15 bits per heavy atom. The number of benzene rings is 1. The third kappa shape index (κ3) is 3.14. The maximum Gasteiger partial charge on any atom is 0.0619 e. The SMILES string of the molecule is CC1OCCC1(CNC1CC1)Cc1cc(Cl)ccc1Cl. The first-order valence-electron chi connectivity index (χ1n) is 7.38. The minimum absolute atomic E-state index is 0.136. The predicted octanol–water partition coefficient (Wildman–Crippen LogP) is 4.08. The molecule has 1 aliphatic carbocycles. The van der Waals surface area contributed by atoms with Crippen molar-refractivity contribution >= 4 is 23.2 Å². The minimum atomic E-state index is 0.136. The molecule has 0 aromatic heterocycles. The van der Waals surface area contributed by atoms with Gasteiger partial charge in [0.25, 0.3) is 0 Å². The van der Waals surface area contributed by atoms with Gasteiger partial charge in [-0.05, 0) is 56.4 Å². The van der Waals surface area contributed by atoms with Crippen LogP contribution in [-0.4, -0.2) is 25.3 Å². The van der Waals surface area contributed by atoms with Crippen LogP contribution < -0.4 is 5.32 Å². The van der Waals surface area contributed by atoms with E-state index in [4.69, 9.17) is 27.9 Å². The van der Waals surface area contributed by atoms with Gasteiger partial charge in [-0.1, -0.05) is 23.2 Å². The summed E-state index contributed by atoms with van der Waals surface area (Å²) in [5, 5.41) is 5.22. The molecule has 1 heterocycles. The molecule has 0 radical (unpaired) electrons. The first-order chi connectivity index (χ1) is 9.59. The van der Waals surface area contributed by atoms with Crippen LogP contribution >= 0.6 is 23.2 Å². The van der Waals surface area contributed by atoms with Gasteiger partial charge in [0, 0.05) is 34.7 Å². The summed E-state index contributed by atoms with van der Waals surface area (Å²) in [6, 6.07) is 6.45. The van der Waals surface area contributed by atoms with E-state index in [1.54, 1.807) is 0 Å². The standard InChI is InChI=1S/C16H21Cl2NO/c1-11-16(6-7-20-11,10-19-14-3-4-14)9-12-8-13(17)2-5-15(12)18/h2,5,8,11,14,19H,3-4,6-7,9-10H2,1H3. The van der Waals surface area contributed by atoms with Gasteiger partial charge in [-0.15, -0.1) is 0 Å². The van der Waals surface area contributed by atoms with Crippen LogP contribution in [0.3, 0.4) is 0 Å². The quantitative estimate of drug-likeness (QED) is 0.884. The Balaban J connectivity index is 1.79. The Morgan fingerprint density at radius 1 is 1.35 bits per heavy atom. The molecule has 20 heavy (non-hydrogen) atoms. The fourth-order valence-corrected chi connectivity index (χ4v) is 3.42. The molecule has 1 N–H and O–H groups in total. The Labute approximate surface area is 130 Å². The second-order valence-electron chi connectivity index (χ2n) is 6.19. The van der Waals surface area contributed by atoms with Crippen molar-refractivity contribution in [2.75, 3.05) is 13.2 Å². The molecule has 2 nitrogen and oxygen atoms in total.